The lowest BCUT2D eigenvalue weighted by molar-refractivity contribution is 0.0707. The molecule has 1 aliphatic rings. The summed E-state index contributed by atoms with van der Waals surface area (Å²) in [6, 6.07) is 2.04. The maximum Gasteiger partial charge on any atom is 0.265 e. The largest absolute Gasteiger partial charge is 0.337 e. The standard InChI is InChI=1S/C17H19N5OS2/c1-11-14(25-16(19-11)13-5-7-24-9-13)17(23)22-6-3-4-12(8-22)15-20-18-10-21(15)2/h5,7,9-10,12H,3-4,6,8H2,1-2H3. The number of hydrogen-bond donors (Lipinski definition) is 0. The summed E-state index contributed by atoms with van der Waals surface area (Å²) in [5, 5.41) is 13.2. The van der Waals surface area contributed by atoms with E-state index in [-0.39, 0.29) is 11.8 Å². The van der Waals surface area contributed by atoms with Gasteiger partial charge in [-0.1, -0.05) is 0 Å². The van der Waals surface area contributed by atoms with Crippen LogP contribution >= 0.6 is 22.7 Å². The fourth-order valence-electron chi connectivity index (χ4n) is 3.28. The molecule has 1 atom stereocenters. The summed E-state index contributed by atoms with van der Waals surface area (Å²) in [7, 11) is 1.95. The molecule has 25 heavy (non-hydrogen) atoms. The molecule has 1 unspecified atom stereocenters. The minimum atomic E-state index is 0.0864. The maximum atomic E-state index is 13.1. The molecule has 3 aromatic heterocycles. The molecule has 4 rings (SSSR count). The average Bonchev–Trinajstić information content (AvgIpc) is 3.35. The molecule has 0 spiro atoms. The van der Waals surface area contributed by atoms with E-state index in [4.69, 9.17) is 0 Å². The number of nitrogens with zero attached hydrogens (tertiary/aromatic N) is 5. The van der Waals surface area contributed by atoms with Gasteiger partial charge in [-0.3, -0.25) is 4.79 Å². The number of thiazole rings is 1. The van der Waals surface area contributed by atoms with E-state index in [2.05, 4.69) is 20.6 Å². The third-order valence-electron chi connectivity index (χ3n) is 4.58. The number of carbonyl (C=O) groups excluding carboxylic acids is 1. The van der Waals surface area contributed by atoms with Crippen LogP contribution in [0.5, 0.6) is 0 Å². The quantitative estimate of drug-likeness (QED) is 0.706. The first-order chi connectivity index (χ1) is 12.1. The number of piperidine rings is 1. The summed E-state index contributed by atoms with van der Waals surface area (Å²) in [5.74, 6) is 1.29. The summed E-state index contributed by atoms with van der Waals surface area (Å²) < 4.78 is 1.95. The molecular weight excluding hydrogens is 354 g/mol. The van der Waals surface area contributed by atoms with Gasteiger partial charge in [-0.05, 0) is 31.2 Å². The van der Waals surface area contributed by atoms with Crippen LogP contribution in [0.1, 0.15) is 39.9 Å². The summed E-state index contributed by atoms with van der Waals surface area (Å²) in [5.41, 5.74) is 1.91. The average molecular weight is 374 g/mol. The number of rotatable bonds is 3. The molecule has 130 valence electrons. The minimum Gasteiger partial charge on any atom is -0.337 e. The van der Waals surface area contributed by atoms with Crippen LogP contribution in [-0.2, 0) is 7.05 Å². The van der Waals surface area contributed by atoms with Gasteiger partial charge < -0.3 is 9.47 Å². The van der Waals surface area contributed by atoms with Gasteiger partial charge in [0.25, 0.3) is 5.91 Å². The Morgan fingerprint density at radius 1 is 1.40 bits per heavy atom. The van der Waals surface area contributed by atoms with Crippen molar-refractivity contribution in [1.29, 1.82) is 0 Å². The smallest absolute Gasteiger partial charge is 0.265 e. The van der Waals surface area contributed by atoms with Crippen LogP contribution in [0, 0.1) is 6.92 Å². The predicted molar refractivity (Wildman–Crippen MR) is 99.0 cm³/mol. The Hall–Kier alpha value is -2.06. The van der Waals surface area contributed by atoms with E-state index < -0.39 is 0 Å². The van der Waals surface area contributed by atoms with E-state index in [0.717, 1.165) is 46.4 Å². The first kappa shape index (κ1) is 16.4. The van der Waals surface area contributed by atoms with Crippen LogP contribution < -0.4 is 0 Å². The molecular formula is C17H19N5OS2. The van der Waals surface area contributed by atoms with E-state index in [9.17, 15) is 4.79 Å². The second-order valence-electron chi connectivity index (χ2n) is 6.34. The zero-order chi connectivity index (χ0) is 17.4. The first-order valence-corrected chi connectivity index (χ1v) is 10.0. The van der Waals surface area contributed by atoms with Crippen molar-refractivity contribution < 1.29 is 4.79 Å². The van der Waals surface area contributed by atoms with Crippen molar-refractivity contribution in [3.63, 3.8) is 0 Å². The SMILES string of the molecule is Cc1nc(-c2ccsc2)sc1C(=O)N1CCCC(c2nncn2C)C1. The Morgan fingerprint density at radius 2 is 2.28 bits per heavy atom. The van der Waals surface area contributed by atoms with E-state index in [1.807, 2.05) is 34.9 Å². The molecule has 3 aromatic rings. The minimum absolute atomic E-state index is 0.0864. The highest BCUT2D eigenvalue weighted by molar-refractivity contribution is 7.17. The lowest BCUT2D eigenvalue weighted by Crippen LogP contribution is -2.39. The molecule has 1 fully saturated rings. The second kappa shape index (κ2) is 6.68. The lowest BCUT2D eigenvalue weighted by Gasteiger charge is -2.32. The Bertz CT molecular complexity index is 883. The molecule has 6 nitrogen and oxygen atoms in total. The van der Waals surface area contributed by atoms with Crippen LogP contribution in [0.2, 0.25) is 0 Å². The molecule has 0 radical (unpaired) electrons. The second-order valence-corrected chi connectivity index (χ2v) is 8.12. The number of likely N-dealkylation sites (tertiary alicyclic amines) is 1. The van der Waals surface area contributed by atoms with Gasteiger partial charge in [0.05, 0.1) is 5.69 Å². The number of aryl methyl sites for hydroxylation is 2. The van der Waals surface area contributed by atoms with Gasteiger partial charge in [0, 0.05) is 37.0 Å². The molecule has 0 aromatic carbocycles. The molecule has 1 aliphatic heterocycles. The van der Waals surface area contributed by atoms with Crippen molar-refractivity contribution in [3.8, 4) is 10.6 Å². The van der Waals surface area contributed by atoms with Gasteiger partial charge in [0.15, 0.2) is 0 Å². The number of aromatic nitrogens is 4. The topological polar surface area (TPSA) is 63.9 Å². The Kier molecular flexibility index (Phi) is 4.39. The van der Waals surface area contributed by atoms with E-state index >= 15 is 0 Å². The fourth-order valence-corrected chi connectivity index (χ4v) is 5.03. The summed E-state index contributed by atoms with van der Waals surface area (Å²) in [6.07, 6.45) is 3.74. The molecule has 1 amide bonds. The molecule has 0 bridgehead atoms. The van der Waals surface area contributed by atoms with Crippen LogP contribution in [0.25, 0.3) is 10.6 Å². The highest BCUT2D eigenvalue weighted by atomic mass is 32.1. The zero-order valence-electron chi connectivity index (χ0n) is 14.2. The van der Waals surface area contributed by atoms with Gasteiger partial charge in [-0.25, -0.2) is 4.98 Å². The van der Waals surface area contributed by atoms with Gasteiger partial charge in [0.1, 0.15) is 22.0 Å². The third kappa shape index (κ3) is 3.11. The van der Waals surface area contributed by atoms with Crippen molar-refractivity contribution in [2.75, 3.05) is 13.1 Å². The number of carbonyl (C=O) groups is 1. The van der Waals surface area contributed by atoms with Crippen molar-refractivity contribution in [2.24, 2.45) is 7.05 Å². The molecule has 0 aliphatic carbocycles. The van der Waals surface area contributed by atoms with E-state index in [1.165, 1.54) is 11.3 Å². The summed E-state index contributed by atoms with van der Waals surface area (Å²) in [4.78, 5) is 20.4. The van der Waals surface area contributed by atoms with Crippen molar-refractivity contribution in [1.82, 2.24) is 24.6 Å². The Labute approximate surface area is 154 Å². The Balaban J connectivity index is 1.55. The predicted octanol–water partition coefficient (Wildman–Crippen LogP) is 3.33. The maximum absolute atomic E-state index is 13.1. The fraction of sp³-hybridized carbons (Fsp3) is 0.412. The van der Waals surface area contributed by atoms with Crippen molar-refractivity contribution in [3.05, 3.63) is 39.5 Å². The number of amides is 1. The van der Waals surface area contributed by atoms with E-state index in [0.29, 0.717) is 6.54 Å². The van der Waals surface area contributed by atoms with Gasteiger partial charge in [-0.15, -0.1) is 21.5 Å². The zero-order valence-corrected chi connectivity index (χ0v) is 15.8. The highest BCUT2D eigenvalue weighted by Gasteiger charge is 2.30. The van der Waals surface area contributed by atoms with Gasteiger partial charge >= 0.3 is 0 Å². The summed E-state index contributed by atoms with van der Waals surface area (Å²) >= 11 is 3.13. The molecule has 8 heteroatoms. The normalized spacial score (nSPS) is 17.8. The monoisotopic (exact) mass is 373 g/mol. The van der Waals surface area contributed by atoms with Crippen molar-refractivity contribution >= 4 is 28.6 Å². The first-order valence-electron chi connectivity index (χ1n) is 8.26. The lowest BCUT2D eigenvalue weighted by atomic mass is 9.97. The van der Waals surface area contributed by atoms with Crippen LogP contribution in [0.15, 0.2) is 23.2 Å². The molecule has 0 N–H and O–H groups in total. The van der Waals surface area contributed by atoms with Crippen LogP contribution in [0.4, 0.5) is 0 Å². The molecule has 4 heterocycles. The number of thiophene rings is 1. The van der Waals surface area contributed by atoms with Crippen LogP contribution in [0.3, 0.4) is 0 Å². The molecule has 1 saturated heterocycles. The highest BCUT2D eigenvalue weighted by Crippen LogP contribution is 2.32. The summed E-state index contributed by atoms with van der Waals surface area (Å²) in [6.45, 7) is 3.40. The van der Waals surface area contributed by atoms with Gasteiger partial charge in [0.2, 0.25) is 0 Å². The van der Waals surface area contributed by atoms with Gasteiger partial charge in [-0.2, -0.15) is 11.3 Å². The third-order valence-corrected chi connectivity index (χ3v) is 6.46. The Morgan fingerprint density at radius 3 is 3.00 bits per heavy atom. The molecule has 0 saturated carbocycles. The van der Waals surface area contributed by atoms with Crippen molar-refractivity contribution in [2.45, 2.75) is 25.7 Å². The number of hydrogen-bond acceptors (Lipinski definition) is 6. The van der Waals surface area contributed by atoms with E-state index in [1.54, 1.807) is 17.7 Å². The van der Waals surface area contributed by atoms with Crippen LogP contribution in [-0.4, -0.2) is 43.6 Å².